The maximum Gasteiger partial charge on any atom is 0.203 e. The number of anilines is 1. The highest BCUT2D eigenvalue weighted by Gasteiger charge is 2.22. The van der Waals surface area contributed by atoms with Gasteiger partial charge in [-0.3, -0.25) is 0 Å². The van der Waals surface area contributed by atoms with Gasteiger partial charge >= 0.3 is 0 Å². The van der Waals surface area contributed by atoms with E-state index >= 15 is 0 Å². The van der Waals surface area contributed by atoms with Gasteiger partial charge in [-0.1, -0.05) is 12.1 Å². The summed E-state index contributed by atoms with van der Waals surface area (Å²) >= 11 is 0. The molecule has 0 saturated heterocycles. The van der Waals surface area contributed by atoms with E-state index in [0.717, 1.165) is 18.2 Å². The normalized spacial score (nSPS) is 14.5. The van der Waals surface area contributed by atoms with E-state index in [-0.39, 0.29) is 0 Å². The molecular formula is C14H17N3O. The fourth-order valence-electron chi connectivity index (χ4n) is 1.95. The van der Waals surface area contributed by atoms with Gasteiger partial charge in [0, 0.05) is 18.4 Å². The van der Waals surface area contributed by atoms with Gasteiger partial charge in [0.2, 0.25) is 5.95 Å². The van der Waals surface area contributed by atoms with Crippen LogP contribution < -0.4 is 10.1 Å². The Balaban J connectivity index is 1.76. The van der Waals surface area contributed by atoms with Crippen LogP contribution in [0.2, 0.25) is 0 Å². The molecule has 1 aliphatic rings. The topological polar surface area (TPSA) is 39.1 Å². The van der Waals surface area contributed by atoms with Gasteiger partial charge in [0.15, 0.2) is 0 Å². The highest BCUT2D eigenvalue weighted by Crippen LogP contribution is 2.24. The molecular weight excluding hydrogens is 226 g/mol. The summed E-state index contributed by atoms with van der Waals surface area (Å²) in [5.74, 6) is 1.85. The molecule has 1 aliphatic carbocycles. The van der Waals surface area contributed by atoms with Gasteiger partial charge in [-0.15, -0.1) is 0 Å². The highest BCUT2D eigenvalue weighted by atomic mass is 16.5. The van der Waals surface area contributed by atoms with E-state index < -0.39 is 0 Å². The molecule has 1 N–H and O–H groups in total. The van der Waals surface area contributed by atoms with Crippen molar-refractivity contribution in [2.45, 2.75) is 25.4 Å². The average Bonchev–Trinajstić information content (AvgIpc) is 3.11. The van der Waals surface area contributed by atoms with Gasteiger partial charge in [0.25, 0.3) is 0 Å². The molecule has 94 valence electrons. The van der Waals surface area contributed by atoms with Crippen LogP contribution in [0.1, 0.15) is 18.4 Å². The number of hydrogen-bond donors (Lipinski definition) is 1. The average molecular weight is 243 g/mol. The Labute approximate surface area is 107 Å². The second-order valence-electron chi connectivity index (χ2n) is 4.65. The predicted octanol–water partition coefficient (Wildman–Crippen LogP) is 2.51. The summed E-state index contributed by atoms with van der Waals surface area (Å²) in [5, 5.41) is 3.43. The number of nitrogens with one attached hydrogen (secondary N) is 1. The molecule has 3 rings (SSSR count). The van der Waals surface area contributed by atoms with Crippen molar-refractivity contribution in [3.8, 4) is 5.75 Å². The Morgan fingerprint density at radius 2 is 2.33 bits per heavy atom. The van der Waals surface area contributed by atoms with E-state index in [9.17, 15) is 0 Å². The van der Waals surface area contributed by atoms with Gasteiger partial charge in [0.1, 0.15) is 5.75 Å². The van der Waals surface area contributed by atoms with Crippen LogP contribution in [0, 0.1) is 0 Å². The third-order valence-electron chi connectivity index (χ3n) is 3.11. The molecule has 0 aliphatic heterocycles. The number of imidazole rings is 1. The van der Waals surface area contributed by atoms with E-state index in [1.165, 1.54) is 18.4 Å². The third kappa shape index (κ3) is 2.47. The third-order valence-corrected chi connectivity index (χ3v) is 3.11. The zero-order chi connectivity index (χ0) is 12.4. The molecule has 1 fully saturated rings. The summed E-state index contributed by atoms with van der Waals surface area (Å²) in [6.07, 6.45) is 6.35. The molecule has 2 aromatic rings. The summed E-state index contributed by atoms with van der Waals surface area (Å²) in [6, 6.07) is 8.75. The van der Waals surface area contributed by atoms with Crippen LogP contribution in [0.15, 0.2) is 36.7 Å². The molecule has 1 aromatic heterocycles. The maximum absolute atomic E-state index is 5.24. The number of ether oxygens (including phenoxy) is 1. The van der Waals surface area contributed by atoms with Crippen molar-refractivity contribution in [2.75, 3.05) is 12.4 Å². The predicted molar refractivity (Wildman–Crippen MR) is 71.0 cm³/mol. The Kier molecular flexibility index (Phi) is 2.92. The van der Waals surface area contributed by atoms with Crippen LogP contribution in [-0.2, 0) is 6.54 Å². The second-order valence-corrected chi connectivity index (χ2v) is 4.65. The summed E-state index contributed by atoms with van der Waals surface area (Å²) < 4.78 is 7.37. The molecule has 1 aromatic carbocycles. The van der Waals surface area contributed by atoms with Crippen LogP contribution in [0.5, 0.6) is 5.75 Å². The molecule has 0 spiro atoms. The number of aromatic nitrogens is 2. The minimum Gasteiger partial charge on any atom is -0.497 e. The van der Waals surface area contributed by atoms with E-state index in [1.807, 2.05) is 24.5 Å². The lowest BCUT2D eigenvalue weighted by Gasteiger charge is -2.10. The summed E-state index contributed by atoms with van der Waals surface area (Å²) in [6.45, 7) is 0.812. The number of rotatable bonds is 5. The summed E-state index contributed by atoms with van der Waals surface area (Å²) in [5.41, 5.74) is 1.21. The van der Waals surface area contributed by atoms with Crippen LogP contribution >= 0.6 is 0 Å². The number of nitrogens with zero attached hydrogens (tertiary/aromatic N) is 2. The monoisotopic (exact) mass is 243 g/mol. The first kappa shape index (κ1) is 11.1. The van der Waals surface area contributed by atoms with Crippen molar-refractivity contribution < 1.29 is 4.74 Å². The Morgan fingerprint density at radius 1 is 1.44 bits per heavy atom. The van der Waals surface area contributed by atoms with Crippen molar-refractivity contribution in [1.82, 2.24) is 9.55 Å². The van der Waals surface area contributed by atoms with Gasteiger partial charge in [0.05, 0.1) is 13.7 Å². The fraction of sp³-hybridized carbons (Fsp3) is 0.357. The molecule has 18 heavy (non-hydrogen) atoms. The van der Waals surface area contributed by atoms with Gasteiger partial charge < -0.3 is 14.6 Å². The van der Waals surface area contributed by atoms with Crippen LogP contribution in [0.4, 0.5) is 5.95 Å². The number of methoxy groups -OCH3 is 1. The number of benzene rings is 1. The smallest absolute Gasteiger partial charge is 0.203 e. The first-order chi connectivity index (χ1) is 8.85. The number of hydrogen-bond acceptors (Lipinski definition) is 3. The zero-order valence-corrected chi connectivity index (χ0v) is 10.5. The highest BCUT2D eigenvalue weighted by molar-refractivity contribution is 5.33. The quantitative estimate of drug-likeness (QED) is 0.877. The molecule has 0 atom stereocenters. The lowest BCUT2D eigenvalue weighted by atomic mass is 10.2. The van der Waals surface area contributed by atoms with Crippen molar-refractivity contribution in [3.63, 3.8) is 0 Å². The minimum absolute atomic E-state index is 0.622. The van der Waals surface area contributed by atoms with Gasteiger partial charge in [-0.05, 0) is 30.5 Å². The van der Waals surface area contributed by atoms with Crippen molar-refractivity contribution in [2.24, 2.45) is 0 Å². The van der Waals surface area contributed by atoms with Crippen molar-refractivity contribution in [1.29, 1.82) is 0 Å². The lowest BCUT2D eigenvalue weighted by Crippen LogP contribution is -2.09. The molecule has 4 nitrogen and oxygen atoms in total. The first-order valence-corrected chi connectivity index (χ1v) is 6.26. The summed E-state index contributed by atoms with van der Waals surface area (Å²) in [4.78, 5) is 4.36. The SMILES string of the molecule is COc1cccc(Cn2ccnc2NC2CC2)c1. The maximum atomic E-state index is 5.24. The molecule has 1 saturated carbocycles. The Bertz CT molecular complexity index is 531. The zero-order valence-electron chi connectivity index (χ0n) is 10.5. The second kappa shape index (κ2) is 4.72. The van der Waals surface area contributed by atoms with Crippen LogP contribution in [-0.4, -0.2) is 22.7 Å². The molecule has 0 radical (unpaired) electrons. The van der Waals surface area contributed by atoms with Crippen LogP contribution in [0.3, 0.4) is 0 Å². The Morgan fingerprint density at radius 3 is 3.11 bits per heavy atom. The first-order valence-electron chi connectivity index (χ1n) is 6.26. The minimum atomic E-state index is 0.622. The van der Waals surface area contributed by atoms with Gasteiger partial charge in [-0.25, -0.2) is 4.98 Å². The van der Waals surface area contributed by atoms with E-state index in [2.05, 4.69) is 27.0 Å². The van der Waals surface area contributed by atoms with E-state index in [4.69, 9.17) is 4.74 Å². The fourth-order valence-corrected chi connectivity index (χ4v) is 1.95. The summed E-state index contributed by atoms with van der Waals surface area (Å²) in [7, 11) is 1.69. The molecule has 4 heteroatoms. The molecule has 0 unspecified atom stereocenters. The van der Waals surface area contributed by atoms with E-state index in [1.54, 1.807) is 7.11 Å². The van der Waals surface area contributed by atoms with Crippen molar-refractivity contribution in [3.05, 3.63) is 42.2 Å². The standard InChI is InChI=1S/C14H17N3O/c1-18-13-4-2-3-11(9-13)10-17-8-7-15-14(17)16-12-5-6-12/h2-4,7-9,12H,5-6,10H2,1H3,(H,15,16). The van der Waals surface area contributed by atoms with E-state index in [0.29, 0.717) is 6.04 Å². The molecule has 1 heterocycles. The lowest BCUT2D eigenvalue weighted by molar-refractivity contribution is 0.414. The van der Waals surface area contributed by atoms with Gasteiger partial charge in [-0.2, -0.15) is 0 Å². The van der Waals surface area contributed by atoms with Crippen molar-refractivity contribution >= 4 is 5.95 Å². The largest absolute Gasteiger partial charge is 0.497 e. The molecule has 0 bridgehead atoms. The molecule has 0 amide bonds. The Hall–Kier alpha value is -1.97. The van der Waals surface area contributed by atoms with Crippen LogP contribution in [0.25, 0.3) is 0 Å².